The van der Waals surface area contributed by atoms with E-state index in [9.17, 15) is 9.59 Å². The van der Waals surface area contributed by atoms with Gasteiger partial charge in [0, 0.05) is 23.7 Å². The maximum Gasteiger partial charge on any atom is 0.276 e. The fourth-order valence-corrected chi connectivity index (χ4v) is 2.78. The summed E-state index contributed by atoms with van der Waals surface area (Å²) in [6.45, 7) is 2.36. The summed E-state index contributed by atoms with van der Waals surface area (Å²) in [5, 5.41) is 8.01. The molecule has 0 unspecified atom stereocenters. The van der Waals surface area contributed by atoms with E-state index in [1.165, 1.54) is 4.68 Å². The van der Waals surface area contributed by atoms with Gasteiger partial charge in [0.2, 0.25) is 6.79 Å². The molecular weight excluding hydrogens is 322 g/mol. The molecule has 0 fully saturated rings. The minimum atomic E-state index is -0.391. The van der Waals surface area contributed by atoms with E-state index in [4.69, 9.17) is 9.47 Å². The molecule has 0 atom stereocenters. The van der Waals surface area contributed by atoms with Gasteiger partial charge in [-0.25, -0.2) is 4.68 Å². The molecule has 7 heteroatoms. The number of aromatic nitrogens is 2. The SMILES string of the molecule is CCn1nc(C(=O)Nc2ccc3c(c2)OCO3)c2ccccc2c1=O. The molecule has 1 N–H and O–H groups in total. The fraction of sp³-hybridized carbons (Fsp3) is 0.167. The summed E-state index contributed by atoms with van der Waals surface area (Å²) < 4.78 is 11.9. The molecule has 1 aliphatic rings. The molecule has 1 aliphatic heterocycles. The second-order valence-corrected chi connectivity index (χ2v) is 5.54. The van der Waals surface area contributed by atoms with Gasteiger partial charge in [-0.1, -0.05) is 18.2 Å². The molecule has 0 bridgehead atoms. The van der Waals surface area contributed by atoms with Crippen LogP contribution in [0.15, 0.2) is 47.3 Å². The van der Waals surface area contributed by atoms with Crippen molar-refractivity contribution in [2.75, 3.05) is 12.1 Å². The lowest BCUT2D eigenvalue weighted by atomic mass is 10.1. The summed E-state index contributed by atoms with van der Waals surface area (Å²) >= 11 is 0. The average Bonchev–Trinajstić information content (AvgIpc) is 3.10. The number of fused-ring (bicyclic) bond motifs is 2. The second-order valence-electron chi connectivity index (χ2n) is 5.54. The lowest BCUT2D eigenvalue weighted by Crippen LogP contribution is -2.27. The number of ether oxygens (including phenoxy) is 2. The molecule has 1 aromatic heterocycles. The molecule has 4 rings (SSSR count). The molecule has 7 nitrogen and oxygen atoms in total. The van der Waals surface area contributed by atoms with Crippen LogP contribution in [0.5, 0.6) is 11.5 Å². The smallest absolute Gasteiger partial charge is 0.276 e. The largest absolute Gasteiger partial charge is 0.454 e. The van der Waals surface area contributed by atoms with Gasteiger partial charge in [0.1, 0.15) is 0 Å². The van der Waals surface area contributed by atoms with Crippen molar-refractivity contribution in [3.8, 4) is 11.5 Å². The number of benzene rings is 2. The number of carbonyl (C=O) groups is 1. The van der Waals surface area contributed by atoms with Crippen molar-refractivity contribution >= 4 is 22.4 Å². The van der Waals surface area contributed by atoms with Gasteiger partial charge in [0.05, 0.1) is 5.39 Å². The summed E-state index contributed by atoms with van der Waals surface area (Å²) in [7, 11) is 0. The number of hydrogen-bond acceptors (Lipinski definition) is 5. The third kappa shape index (κ3) is 2.59. The highest BCUT2D eigenvalue weighted by atomic mass is 16.7. The molecule has 0 saturated heterocycles. The van der Waals surface area contributed by atoms with E-state index in [1.807, 2.05) is 6.92 Å². The zero-order valence-electron chi connectivity index (χ0n) is 13.5. The minimum absolute atomic E-state index is 0.167. The third-order valence-corrected chi connectivity index (χ3v) is 4.01. The zero-order valence-corrected chi connectivity index (χ0v) is 13.5. The first kappa shape index (κ1) is 15.2. The molecule has 126 valence electrons. The molecule has 3 aromatic rings. The Hall–Kier alpha value is -3.35. The molecule has 1 amide bonds. The monoisotopic (exact) mass is 337 g/mol. The van der Waals surface area contributed by atoms with Crippen molar-refractivity contribution < 1.29 is 14.3 Å². The van der Waals surface area contributed by atoms with E-state index in [-0.39, 0.29) is 18.0 Å². The van der Waals surface area contributed by atoms with Crippen molar-refractivity contribution in [2.24, 2.45) is 0 Å². The molecule has 2 heterocycles. The van der Waals surface area contributed by atoms with Gasteiger partial charge in [-0.05, 0) is 25.1 Å². The predicted molar refractivity (Wildman–Crippen MR) is 92.2 cm³/mol. The number of nitrogens with zero attached hydrogens (tertiary/aromatic N) is 2. The minimum Gasteiger partial charge on any atom is -0.454 e. The first-order chi connectivity index (χ1) is 12.2. The van der Waals surface area contributed by atoms with E-state index in [2.05, 4.69) is 10.4 Å². The normalized spacial score (nSPS) is 12.4. The van der Waals surface area contributed by atoms with E-state index in [0.29, 0.717) is 34.5 Å². The number of aryl methyl sites for hydroxylation is 1. The van der Waals surface area contributed by atoms with Crippen LogP contribution in [-0.4, -0.2) is 22.5 Å². The van der Waals surface area contributed by atoms with Gasteiger partial charge in [0.15, 0.2) is 17.2 Å². The summed E-state index contributed by atoms with van der Waals surface area (Å²) in [6.07, 6.45) is 0. The summed E-state index contributed by atoms with van der Waals surface area (Å²) in [5.74, 6) is 0.826. The Bertz CT molecular complexity index is 1040. The van der Waals surface area contributed by atoms with E-state index in [1.54, 1.807) is 42.5 Å². The Morgan fingerprint density at radius 1 is 1.16 bits per heavy atom. The van der Waals surface area contributed by atoms with Crippen LogP contribution < -0.4 is 20.3 Å². The van der Waals surface area contributed by atoms with Crippen LogP contribution in [-0.2, 0) is 6.54 Å². The summed E-state index contributed by atoms with van der Waals surface area (Å²) in [6, 6.07) is 12.1. The van der Waals surface area contributed by atoms with Gasteiger partial charge >= 0.3 is 0 Å². The Kier molecular flexibility index (Phi) is 3.61. The molecule has 2 aromatic carbocycles. The second kappa shape index (κ2) is 5.94. The number of rotatable bonds is 3. The lowest BCUT2D eigenvalue weighted by molar-refractivity contribution is 0.102. The first-order valence-corrected chi connectivity index (χ1v) is 7.88. The highest BCUT2D eigenvalue weighted by Crippen LogP contribution is 2.34. The lowest BCUT2D eigenvalue weighted by Gasteiger charge is -2.10. The highest BCUT2D eigenvalue weighted by molar-refractivity contribution is 6.11. The van der Waals surface area contributed by atoms with Crippen LogP contribution in [0.25, 0.3) is 10.8 Å². The van der Waals surface area contributed by atoms with Crippen LogP contribution in [0, 0.1) is 0 Å². The van der Waals surface area contributed by atoms with E-state index in [0.717, 1.165) is 0 Å². The number of anilines is 1. The molecular formula is C18H15N3O4. The standard InChI is InChI=1S/C18H15N3O4/c1-2-21-18(23)13-6-4-3-5-12(13)16(20-21)17(22)19-11-7-8-14-15(9-11)25-10-24-14/h3-9H,2,10H2,1H3,(H,19,22). The Morgan fingerprint density at radius 2 is 1.92 bits per heavy atom. The predicted octanol–water partition coefficient (Wildman–Crippen LogP) is 2.40. The highest BCUT2D eigenvalue weighted by Gasteiger charge is 2.18. The third-order valence-electron chi connectivity index (χ3n) is 4.01. The average molecular weight is 337 g/mol. The van der Waals surface area contributed by atoms with Crippen LogP contribution in [0.1, 0.15) is 17.4 Å². The van der Waals surface area contributed by atoms with Crippen molar-refractivity contribution in [1.29, 1.82) is 0 Å². The number of hydrogen-bond donors (Lipinski definition) is 1. The van der Waals surface area contributed by atoms with Gasteiger partial charge in [-0.15, -0.1) is 0 Å². The van der Waals surface area contributed by atoms with E-state index >= 15 is 0 Å². The van der Waals surface area contributed by atoms with Crippen molar-refractivity contribution in [3.63, 3.8) is 0 Å². The molecule has 25 heavy (non-hydrogen) atoms. The van der Waals surface area contributed by atoms with Crippen molar-refractivity contribution in [1.82, 2.24) is 9.78 Å². The fourth-order valence-electron chi connectivity index (χ4n) is 2.78. The molecule has 0 spiro atoms. The summed E-state index contributed by atoms with van der Waals surface area (Å²) in [5.41, 5.74) is 0.557. The molecule has 0 radical (unpaired) electrons. The van der Waals surface area contributed by atoms with Gasteiger partial charge in [-0.2, -0.15) is 5.10 Å². The van der Waals surface area contributed by atoms with Crippen molar-refractivity contribution in [2.45, 2.75) is 13.5 Å². The Balaban J connectivity index is 1.75. The topological polar surface area (TPSA) is 82.5 Å². The maximum atomic E-state index is 12.7. The summed E-state index contributed by atoms with van der Waals surface area (Å²) in [4.78, 5) is 25.1. The van der Waals surface area contributed by atoms with Gasteiger partial charge < -0.3 is 14.8 Å². The Labute approximate surface area is 142 Å². The molecule has 0 saturated carbocycles. The Morgan fingerprint density at radius 3 is 2.72 bits per heavy atom. The van der Waals surface area contributed by atoms with Gasteiger partial charge in [0.25, 0.3) is 11.5 Å². The van der Waals surface area contributed by atoms with E-state index < -0.39 is 5.91 Å². The number of nitrogens with one attached hydrogen (secondary N) is 1. The zero-order chi connectivity index (χ0) is 17.4. The van der Waals surface area contributed by atoms with Crippen LogP contribution in [0.4, 0.5) is 5.69 Å². The number of amides is 1. The number of carbonyl (C=O) groups excluding carboxylic acids is 1. The van der Waals surface area contributed by atoms with Gasteiger partial charge in [-0.3, -0.25) is 9.59 Å². The van der Waals surface area contributed by atoms with Crippen LogP contribution >= 0.6 is 0 Å². The quantitative estimate of drug-likeness (QED) is 0.793. The molecule has 0 aliphatic carbocycles. The maximum absolute atomic E-state index is 12.7. The van der Waals surface area contributed by atoms with Crippen molar-refractivity contribution in [3.05, 3.63) is 58.5 Å². The van der Waals surface area contributed by atoms with Crippen LogP contribution in [0.2, 0.25) is 0 Å². The first-order valence-electron chi connectivity index (χ1n) is 7.88. The van der Waals surface area contributed by atoms with Crippen LogP contribution in [0.3, 0.4) is 0 Å².